The Morgan fingerprint density at radius 1 is 1.18 bits per heavy atom. The maximum Gasteiger partial charge on any atom is 0.298 e. The molecule has 0 unspecified atom stereocenters. The van der Waals surface area contributed by atoms with Crippen LogP contribution in [0.5, 0.6) is 5.75 Å². The number of likely N-dealkylation sites (tertiary alicyclic amines) is 1. The highest BCUT2D eigenvalue weighted by Crippen LogP contribution is 2.34. The van der Waals surface area contributed by atoms with E-state index in [1.807, 2.05) is 24.3 Å². The van der Waals surface area contributed by atoms with Crippen molar-refractivity contribution in [3.63, 3.8) is 0 Å². The fourth-order valence-electron chi connectivity index (χ4n) is 4.15. The molecule has 0 saturated carbocycles. The zero-order chi connectivity index (χ0) is 23.3. The predicted molar refractivity (Wildman–Crippen MR) is 129 cm³/mol. The number of anilines is 3. The number of ether oxygens (including phenoxy) is 1. The Hall–Kier alpha value is -4.22. The highest BCUT2D eigenvalue weighted by molar-refractivity contribution is 6.00. The lowest BCUT2D eigenvalue weighted by molar-refractivity contribution is -0.120. The lowest BCUT2D eigenvalue weighted by Gasteiger charge is -2.11. The average Bonchev–Trinajstić information content (AvgIpc) is 3.30. The number of amides is 1. The molecule has 0 aliphatic carbocycles. The fourth-order valence-corrected chi connectivity index (χ4v) is 4.15. The number of nitrogens with zero attached hydrogens (tertiary/aromatic N) is 3. The van der Waals surface area contributed by atoms with Gasteiger partial charge in [0.1, 0.15) is 5.75 Å². The molecule has 8 nitrogen and oxygen atoms in total. The quantitative estimate of drug-likeness (QED) is 0.452. The summed E-state index contributed by atoms with van der Waals surface area (Å²) in [7, 11) is 0. The van der Waals surface area contributed by atoms with E-state index in [4.69, 9.17) is 9.72 Å². The zero-order valence-corrected chi connectivity index (χ0v) is 18.5. The van der Waals surface area contributed by atoms with Gasteiger partial charge in [-0.15, -0.1) is 0 Å². The highest BCUT2D eigenvalue weighted by atomic mass is 16.5. The average molecular weight is 454 g/mol. The first-order chi connectivity index (χ1) is 16.7. The van der Waals surface area contributed by atoms with E-state index in [1.54, 1.807) is 24.4 Å². The second-order valence-electron chi connectivity index (χ2n) is 8.20. The van der Waals surface area contributed by atoms with Crippen LogP contribution in [0.3, 0.4) is 0 Å². The molecule has 34 heavy (non-hydrogen) atoms. The first-order valence-corrected chi connectivity index (χ1v) is 11.2. The molecule has 2 N–H and O–H groups in total. The van der Waals surface area contributed by atoms with Crippen LogP contribution in [0.25, 0.3) is 11.3 Å². The van der Waals surface area contributed by atoms with E-state index in [-0.39, 0.29) is 12.3 Å². The minimum absolute atomic E-state index is 0.115. The number of carbonyl (C=O) groups is 2. The lowest BCUT2D eigenvalue weighted by atomic mass is 10.0. The molecule has 2 aliphatic rings. The number of fused-ring (bicyclic) bond motifs is 3. The summed E-state index contributed by atoms with van der Waals surface area (Å²) in [5.74, 6) is 7.18. The third-order valence-electron chi connectivity index (χ3n) is 5.77. The van der Waals surface area contributed by atoms with Crippen LogP contribution in [-0.2, 0) is 16.0 Å². The van der Waals surface area contributed by atoms with Crippen molar-refractivity contribution >= 4 is 29.7 Å². The van der Waals surface area contributed by atoms with E-state index < -0.39 is 0 Å². The van der Waals surface area contributed by atoms with Crippen molar-refractivity contribution < 1.29 is 14.3 Å². The molecule has 0 bridgehead atoms. The molecule has 1 saturated heterocycles. The minimum atomic E-state index is -0.115. The number of rotatable bonds is 5. The van der Waals surface area contributed by atoms with E-state index in [0.717, 1.165) is 36.3 Å². The van der Waals surface area contributed by atoms with Crippen molar-refractivity contribution in [3.8, 4) is 28.8 Å². The van der Waals surface area contributed by atoms with Crippen LogP contribution in [0.1, 0.15) is 24.0 Å². The standard InChI is InChI=1S/C26H23N5O3/c32-17-34-21-7-3-6-20(15-21)28-26-27-16-19-14-24(33)29-23-9-8-18(13-22(23)25(19)30-26)5-4-12-31-10-1-2-11-31/h3,6-9,13,15-17H,1-2,10-12,14H2,(H,29,33)(H,27,28,30). The van der Waals surface area contributed by atoms with Crippen LogP contribution >= 0.6 is 0 Å². The van der Waals surface area contributed by atoms with E-state index in [2.05, 4.69) is 32.4 Å². The van der Waals surface area contributed by atoms with Crippen molar-refractivity contribution in [1.29, 1.82) is 0 Å². The smallest absolute Gasteiger partial charge is 0.298 e. The van der Waals surface area contributed by atoms with Gasteiger partial charge in [0.05, 0.1) is 24.3 Å². The van der Waals surface area contributed by atoms with Crippen LogP contribution < -0.4 is 15.4 Å². The van der Waals surface area contributed by atoms with Crippen molar-refractivity contribution in [2.45, 2.75) is 19.3 Å². The van der Waals surface area contributed by atoms with Crippen LogP contribution in [0.2, 0.25) is 0 Å². The Kier molecular flexibility index (Phi) is 6.19. The van der Waals surface area contributed by atoms with Crippen LogP contribution in [0.4, 0.5) is 17.3 Å². The predicted octanol–water partition coefficient (Wildman–Crippen LogP) is 3.36. The molecule has 0 spiro atoms. The number of carbonyl (C=O) groups excluding carboxylic acids is 2. The van der Waals surface area contributed by atoms with Gasteiger partial charge in [-0.3, -0.25) is 14.5 Å². The molecule has 0 radical (unpaired) electrons. The molecule has 2 aromatic carbocycles. The van der Waals surface area contributed by atoms with E-state index >= 15 is 0 Å². The topological polar surface area (TPSA) is 96.4 Å². The number of nitrogens with one attached hydrogen (secondary N) is 2. The summed E-state index contributed by atoms with van der Waals surface area (Å²) in [6, 6.07) is 12.7. The largest absolute Gasteiger partial charge is 0.429 e. The van der Waals surface area contributed by atoms with Crippen LogP contribution in [0, 0.1) is 11.8 Å². The monoisotopic (exact) mass is 453 g/mol. The Bertz CT molecular complexity index is 1310. The maximum absolute atomic E-state index is 12.4. The van der Waals surface area contributed by atoms with Gasteiger partial charge in [0.15, 0.2) is 0 Å². The maximum atomic E-state index is 12.4. The Balaban J connectivity index is 1.46. The van der Waals surface area contributed by atoms with Crippen LogP contribution in [0.15, 0.2) is 48.7 Å². The Morgan fingerprint density at radius 3 is 2.91 bits per heavy atom. The molecule has 5 rings (SSSR count). The van der Waals surface area contributed by atoms with Gasteiger partial charge in [-0.2, -0.15) is 0 Å². The van der Waals surface area contributed by atoms with Gasteiger partial charge < -0.3 is 15.4 Å². The molecule has 1 fully saturated rings. The van der Waals surface area contributed by atoms with Gasteiger partial charge in [-0.05, 0) is 56.3 Å². The fraction of sp³-hybridized carbons (Fsp3) is 0.231. The SMILES string of the molecule is O=COc1cccc(Nc2ncc3c(n2)-c2cc(C#CCN4CCCC4)ccc2NC(=O)C3)c1. The summed E-state index contributed by atoms with van der Waals surface area (Å²) >= 11 is 0. The van der Waals surface area contributed by atoms with Gasteiger partial charge >= 0.3 is 0 Å². The Labute approximate surface area is 197 Å². The molecule has 170 valence electrons. The summed E-state index contributed by atoms with van der Waals surface area (Å²) in [6.45, 7) is 3.35. The van der Waals surface area contributed by atoms with Crippen LogP contribution in [-0.4, -0.2) is 46.9 Å². The Morgan fingerprint density at radius 2 is 2.06 bits per heavy atom. The molecule has 0 atom stereocenters. The van der Waals surface area contributed by atoms with Gasteiger partial charge in [0.25, 0.3) is 6.47 Å². The summed E-state index contributed by atoms with van der Waals surface area (Å²) in [5, 5.41) is 6.09. The third-order valence-corrected chi connectivity index (χ3v) is 5.77. The number of aromatic nitrogens is 2. The lowest BCUT2D eigenvalue weighted by Crippen LogP contribution is -2.18. The van der Waals surface area contributed by atoms with Crippen molar-refractivity contribution in [1.82, 2.24) is 14.9 Å². The molecular formula is C26H23N5O3. The number of benzene rings is 2. The van der Waals surface area contributed by atoms with Crippen molar-refractivity contribution in [2.75, 3.05) is 30.3 Å². The first kappa shape index (κ1) is 21.6. The van der Waals surface area contributed by atoms with Gasteiger partial charge in [-0.1, -0.05) is 17.9 Å². The molecule has 3 aromatic rings. The third kappa shape index (κ3) is 4.90. The normalized spacial score (nSPS) is 14.6. The number of hydrogen-bond donors (Lipinski definition) is 2. The summed E-state index contributed by atoms with van der Waals surface area (Å²) in [6.07, 6.45) is 4.32. The van der Waals surface area contributed by atoms with Crippen molar-refractivity contribution in [3.05, 3.63) is 59.8 Å². The minimum Gasteiger partial charge on any atom is -0.429 e. The van der Waals surface area contributed by atoms with E-state index in [9.17, 15) is 9.59 Å². The summed E-state index contributed by atoms with van der Waals surface area (Å²) in [4.78, 5) is 34.5. The molecule has 8 heteroatoms. The first-order valence-electron chi connectivity index (χ1n) is 11.2. The van der Waals surface area contributed by atoms with E-state index in [1.165, 1.54) is 12.8 Å². The second kappa shape index (κ2) is 9.73. The molecule has 1 amide bonds. The van der Waals surface area contributed by atoms with Crippen molar-refractivity contribution in [2.24, 2.45) is 0 Å². The molecule has 2 aliphatic heterocycles. The summed E-state index contributed by atoms with van der Waals surface area (Å²) < 4.78 is 4.90. The van der Waals surface area contributed by atoms with Gasteiger partial charge in [0.2, 0.25) is 11.9 Å². The zero-order valence-electron chi connectivity index (χ0n) is 18.5. The highest BCUT2D eigenvalue weighted by Gasteiger charge is 2.21. The van der Waals surface area contributed by atoms with E-state index in [0.29, 0.717) is 35.2 Å². The second-order valence-corrected chi connectivity index (χ2v) is 8.20. The van der Waals surface area contributed by atoms with Gasteiger partial charge in [0, 0.05) is 34.6 Å². The molecule has 1 aromatic heterocycles. The molecular weight excluding hydrogens is 430 g/mol. The van der Waals surface area contributed by atoms with Gasteiger partial charge in [-0.25, -0.2) is 9.97 Å². The summed E-state index contributed by atoms with van der Waals surface area (Å²) in [5.41, 5.74) is 4.45. The number of hydrogen-bond acceptors (Lipinski definition) is 7. The molecule has 3 heterocycles.